The molecule has 15 nitrogen and oxygen atoms in total. The standard InChI is InChI=1S/C43H50F2N10O5/c1-23-6-5-11-60-42(47-4)31(18-46)34-15-27(13-25(3)50-34)40(58)53-43-52-38-24(2)12-26(14-35(38)55(43)20-23)19-48-9-10-49-39(57)28-21-54(22-28)29-16-32(44)37(33(45)17-29)30-7-8-36(56)51-41(30)59/h12-18,23,28,30,48H,5-11,19-22,46H2,1-4H3,(H,49,57)(H,51,56,59)(H,52,53,58)/t23-,30+/m0/s1. The normalized spacial score (nSPS) is 20.5. The zero-order valence-corrected chi connectivity index (χ0v) is 34.2. The minimum absolute atomic E-state index is 0.0126. The zero-order chi connectivity index (χ0) is 42.7. The Hall–Kier alpha value is -6.23. The van der Waals surface area contributed by atoms with Crippen LogP contribution in [0.3, 0.4) is 0 Å². The molecular weight excluding hydrogens is 775 g/mol. The van der Waals surface area contributed by atoms with Crippen molar-refractivity contribution in [1.82, 2.24) is 30.5 Å². The van der Waals surface area contributed by atoms with Gasteiger partial charge in [-0.1, -0.05) is 13.0 Å². The summed E-state index contributed by atoms with van der Waals surface area (Å²) in [6.07, 6.45) is 3.06. The second-order valence-corrected chi connectivity index (χ2v) is 15.8. The number of nitrogens with two attached hydrogens (primary N) is 1. The summed E-state index contributed by atoms with van der Waals surface area (Å²) in [5.41, 5.74) is 11.6. The molecule has 4 aromatic rings. The molecule has 2 aromatic carbocycles. The maximum absolute atomic E-state index is 15.0. The first-order valence-electron chi connectivity index (χ1n) is 20.2. The summed E-state index contributed by atoms with van der Waals surface area (Å²) in [6.45, 7) is 8.97. The number of halogens is 2. The fraction of sp³-hybridized carbons (Fsp3) is 0.419. The molecule has 7 rings (SSSR count). The van der Waals surface area contributed by atoms with Gasteiger partial charge in [0.2, 0.25) is 29.6 Å². The highest BCUT2D eigenvalue weighted by Gasteiger charge is 2.36. The van der Waals surface area contributed by atoms with Crippen molar-refractivity contribution < 1.29 is 32.7 Å². The molecule has 0 radical (unpaired) electrons. The molecule has 3 aliphatic heterocycles. The van der Waals surface area contributed by atoms with Crippen molar-refractivity contribution >= 4 is 57.8 Å². The average Bonchev–Trinajstić information content (AvgIpc) is 3.51. The Bertz CT molecular complexity index is 2380. The molecule has 0 spiro atoms. The SMILES string of the molecule is CN=C1OCCC[C@H](C)Cn2c(nc3c(C)cc(CNCCNC(=O)C4CN(c5cc(F)c([C@H]6CCC(=O)NC6=O)c(F)c5)C4)cc32)NC(=O)c2cc(C)nc(c2)C1=CN. The van der Waals surface area contributed by atoms with E-state index in [9.17, 15) is 19.2 Å². The molecule has 17 heteroatoms. The number of hydrogen-bond donors (Lipinski definition) is 5. The lowest BCUT2D eigenvalue weighted by atomic mass is 9.89. The van der Waals surface area contributed by atoms with Gasteiger partial charge in [0.15, 0.2) is 0 Å². The van der Waals surface area contributed by atoms with Gasteiger partial charge in [0.05, 0.1) is 40.7 Å². The van der Waals surface area contributed by atoms with Gasteiger partial charge in [0.25, 0.3) is 5.91 Å². The fourth-order valence-corrected chi connectivity index (χ4v) is 8.05. The third-order valence-electron chi connectivity index (χ3n) is 11.2. The number of carbonyl (C=O) groups is 4. The Morgan fingerprint density at radius 3 is 2.50 bits per heavy atom. The van der Waals surface area contributed by atoms with E-state index < -0.39 is 29.4 Å². The number of fused-ring (bicyclic) bond motifs is 5. The van der Waals surface area contributed by atoms with Crippen LogP contribution in [0.15, 0.2) is 47.6 Å². The predicted molar refractivity (Wildman–Crippen MR) is 223 cm³/mol. The molecule has 0 aliphatic carbocycles. The number of nitrogens with one attached hydrogen (secondary N) is 4. The molecule has 2 fully saturated rings. The number of ether oxygens (including phenoxy) is 1. The van der Waals surface area contributed by atoms with Crippen molar-refractivity contribution in [2.24, 2.45) is 22.6 Å². The van der Waals surface area contributed by atoms with Gasteiger partial charge in [-0.25, -0.2) is 13.8 Å². The van der Waals surface area contributed by atoms with E-state index in [1.807, 2.05) is 13.8 Å². The number of imide groups is 1. The summed E-state index contributed by atoms with van der Waals surface area (Å²) in [7, 11) is 1.63. The third-order valence-corrected chi connectivity index (χ3v) is 11.2. The Kier molecular flexibility index (Phi) is 12.5. The number of aryl methyl sites for hydroxylation is 2. The first-order valence-corrected chi connectivity index (χ1v) is 20.2. The topological polar surface area (TPSA) is 198 Å². The number of piperidine rings is 1. The molecule has 2 bridgehead atoms. The minimum Gasteiger partial charge on any atom is -0.477 e. The number of rotatable bonds is 8. The van der Waals surface area contributed by atoms with Gasteiger partial charge in [0, 0.05) is 81.4 Å². The molecule has 2 saturated heterocycles. The van der Waals surface area contributed by atoms with Crippen molar-refractivity contribution in [3.05, 3.63) is 87.9 Å². The first kappa shape index (κ1) is 41.9. The van der Waals surface area contributed by atoms with Crippen LogP contribution in [-0.4, -0.2) is 83.9 Å². The van der Waals surface area contributed by atoms with Crippen molar-refractivity contribution in [1.29, 1.82) is 0 Å². The van der Waals surface area contributed by atoms with E-state index >= 15 is 8.78 Å². The lowest BCUT2D eigenvalue weighted by Gasteiger charge is -2.40. The number of amides is 4. The summed E-state index contributed by atoms with van der Waals surface area (Å²) >= 11 is 0. The lowest BCUT2D eigenvalue weighted by Crippen LogP contribution is -2.54. The van der Waals surface area contributed by atoms with Crippen molar-refractivity contribution in [2.45, 2.75) is 65.5 Å². The molecule has 5 heterocycles. The second kappa shape index (κ2) is 17.9. The van der Waals surface area contributed by atoms with Crippen LogP contribution >= 0.6 is 0 Å². The molecule has 6 N–H and O–H groups in total. The number of carbonyl (C=O) groups excluding carboxylic acids is 4. The monoisotopic (exact) mass is 824 g/mol. The molecule has 60 heavy (non-hydrogen) atoms. The van der Waals surface area contributed by atoms with Gasteiger partial charge in [0.1, 0.15) is 11.6 Å². The molecule has 2 aromatic heterocycles. The summed E-state index contributed by atoms with van der Waals surface area (Å²) in [4.78, 5) is 65.9. The Labute approximate surface area is 346 Å². The maximum Gasteiger partial charge on any atom is 0.258 e. The second-order valence-electron chi connectivity index (χ2n) is 15.8. The van der Waals surface area contributed by atoms with Gasteiger partial charge in [-0.05, 0) is 80.5 Å². The highest BCUT2D eigenvalue weighted by atomic mass is 19.1. The van der Waals surface area contributed by atoms with Crippen LogP contribution in [0.25, 0.3) is 16.6 Å². The van der Waals surface area contributed by atoms with Crippen LogP contribution in [0, 0.1) is 37.3 Å². The predicted octanol–water partition coefficient (Wildman–Crippen LogP) is 4.22. The number of benzene rings is 2. The highest BCUT2D eigenvalue weighted by Crippen LogP contribution is 2.34. The number of anilines is 2. The van der Waals surface area contributed by atoms with Crippen LogP contribution in [0.1, 0.15) is 77.0 Å². The molecule has 2 atom stereocenters. The van der Waals surface area contributed by atoms with Gasteiger partial charge in [-0.15, -0.1) is 0 Å². The van der Waals surface area contributed by atoms with E-state index in [-0.39, 0.29) is 47.7 Å². The van der Waals surface area contributed by atoms with Gasteiger partial charge in [-0.3, -0.25) is 39.8 Å². The highest BCUT2D eigenvalue weighted by molar-refractivity contribution is 6.19. The van der Waals surface area contributed by atoms with Crippen LogP contribution in [-0.2, 0) is 32.2 Å². The molecular formula is C43H50F2N10O5. The summed E-state index contributed by atoms with van der Waals surface area (Å²) in [6, 6.07) is 9.85. The number of hydrogen-bond acceptors (Lipinski definition) is 11. The largest absolute Gasteiger partial charge is 0.477 e. The Balaban J connectivity index is 0.967. The summed E-state index contributed by atoms with van der Waals surface area (Å²) < 4.78 is 38.2. The van der Waals surface area contributed by atoms with Crippen molar-refractivity contribution in [2.75, 3.05) is 50.1 Å². The Morgan fingerprint density at radius 1 is 1.02 bits per heavy atom. The van der Waals surface area contributed by atoms with Crippen molar-refractivity contribution in [3.8, 4) is 0 Å². The van der Waals surface area contributed by atoms with Crippen molar-refractivity contribution in [3.63, 3.8) is 0 Å². The average molecular weight is 825 g/mol. The van der Waals surface area contributed by atoms with E-state index in [2.05, 4.69) is 54.9 Å². The van der Waals surface area contributed by atoms with Gasteiger partial charge in [-0.2, -0.15) is 0 Å². The van der Waals surface area contributed by atoms with Gasteiger partial charge >= 0.3 is 0 Å². The van der Waals surface area contributed by atoms with E-state index in [1.54, 1.807) is 24.1 Å². The summed E-state index contributed by atoms with van der Waals surface area (Å²) in [5.74, 6) is -3.77. The van der Waals surface area contributed by atoms with E-state index in [1.165, 1.54) is 18.3 Å². The Morgan fingerprint density at radius 2 is 1.78 bits per heavy atom. The first-order chi connectivity index (χ1) is 28.8. The fourth-order valence-electron chi connectivity index (χ4n) is 8.05. The zero-order valence-electron chi connectivity index (χ0n) is 34.2. The number of imidazole rings is 1. The smallest absolute Gasteiger partial charge is 0.258 e. The number of aliphatic imine (C=N–C) groups is 1. The molecule has 4 amide bonds. The number of nitrogens with zero attached hydrogens (tertiary/aromatic N) is 5. The number of pyridine rings is 1. The number of aromatic nitrogens is 3. The lowest BCUT2D eigenvalue weighted by molar-refractivity contribution is -0.134. The van der Waals surface area contributed by atoms with E-state index in [4.69, 9.17) is 15.5 Å². The molecule has 0 unspecified atom stereocenters. The van der Waals surface area contributed by atoms with Gasteiger partial charge < -0.3 is 30.6 Å². The third kappa shape index (κ3) is 9.00. The van der Waals surface area contributed by atoms with Crippen LogP contribution < -0.4 is 31.9 Å². The van der Waals surface area contributed by atoms with Crippen LogP contribution in [0.5, 0.6) is 0 Å². The molecule has 3 aliphatic rings. The van der Waals surface area contributed by atoms with Crippen LogP contribution in [0.4, 0.5) is 20.4 Å². The quantitative estimate of drug-likeness (QED) is 0.127. The molecule has 0 saturated carbocycles. The molecule has 316 valence electrons. The minimum atomic E-state index is -1.07. The van der Waals surface area contributed by atoms with Crippen LogP contribution in [0.2, 0.25) is 0 Å². The van der Waals surface area contributed by atoms with E-state index in [0.29, 0.717) is 80.2 Å². The summed E-state index contributed by atoms with van der Waals surface area (Å²) in [5, 5.41) is 11.5. The maximum atomic E-state index is 15.0. The van der Waals surface area contributed by atoms with E-state index in [0.717, 1.165) is 35.0 Å².